The fourth-order valence-electron chi connectivity index (χ4n) is 2.20. The predicted octanol–water partition coefficient (Wildman–Crippen LogP) is 2.06. The molecule has 1 N–H and O–H groups in total. The Balaban J connectivity index is 1.99. The van der Waals surface area contributed by atoms with Gasteiger partial charge in [0.05, 0.1) is 25.1 Å². The molecule has 3 rings (SSSR count). The molecule has 5 heteroatoms. The lowest BCUT2D eigenvalue weighted by atomic mass is 10.3. The number of pyridine rings is 1. The highest BCUT2D eigenvalue weighted by atomic mass is 16.3. The van der Waals surface area contributed by atoms with Gasteiger partial charge in [0.2, 0.25) is 0 Å². The molecule has 0 saturated carbocycles. The summed E-state index contributed by atoms with van der Waals surface area (Å²) in [6.07, 6.45) is 3.55. The third kappa shape index (κ3) is 2.08. The Bertz CT molecular complexity index is 673. The number of fused-ring (bicyclic) bond motifs is 1. The van der Waals surface area contributed by atoms with Gasteiger partial charge in [-0.05, 0) is 24.3 Å². The van der Waals surface area contributed by atoms with Gasteiger partial charge in [0.15, 0.2) is 5.82 Å². The molecule has 0 bridgehead atoms. The summed E-state index contributed by atoms with van der Waals surface area (Å²) in [7, 11) is 1.93. The fourth-order valence-corrected chi connectivity index (χ4v) is 2.20. The molecule has 98 valence electrons. The van der Waals surface area contributed by atoms with Crippen molar-refractivity contribution in [3.63, 3.8) is 0 Å². The zero-order chi connectivity index (χ0) is 13.2. The van der Waals surface area contributed by atoms with Gasteiger partial charge in [-0.15, -0.1) is 0 Å². The first-order valence-electron chi connectivity index (χ1n) is 6.10. The highest BCUT2D eigenvalue weighted by molar-refractivity contribution is 5.55. The van der Waals surface area contributed by atoms with Crippen LogP contribution in [0.1, 0.15) is 11.5 Å². The SMILES string of the molecule is CN(Cc1ccco1)c1nc2ccccn2c1CO. The Kier molecular flexibility index (Phi) is 2.97. The smallest absolute Gasteiger partial charge is 0.153 e. The number of nitrogens with zero attached hydrogens (tertiary/aromatic N) is 3. The summed E-state index contributed by atoms with van der Waals surface area (Å²) in [6, 6.07) is 9.55. The van der Waals surface area contributed by atoms with Gasteiger partial charge in [-0.25, -0.2) is 4.98 Å². The topological polar surface area (TPSA) is 53.9 Å². The lowest BCUT2D eigenvalue weighted by Crippen LogP contribution is -2.18. The lowest BCUT2D eigenvalue weighted by molar-refractivity contribution is 0.276. The molecule has 0 aliphatic heterocycles. The minimum Gasteiger partial charge on any atom is -0.467 e. The van der Waals surface area contributed by atoms with E-state index < -0.39 is 0 Å². The van der Waals surface area contributed by atoms with Crippen molar-refractivity contribution in [3.8, 4) is 0 Å². The van der Waals surface area contributed by atoms with E-state index in [-0.39, 0.29) is 6.61 Å². The number of rotatable bonds is 4. The summed E-state index contributed by atoms with van der Waals surface area (Å²) in [5.41, 5.74) is 1.61. The van der Waals surface area contributed by atoms with Gasteiger partial charge in [-0.3, -0.25) is 4.40 Å². The van der Waals surface area contributed by atoms with Crippen LogP contribution in [0.5, 0.6) is 0 Å². The van der Waals surface area contributed by atoms with Gasteiger partial charge in [0.25, 0.3) is 0 Å². The summed E-state index contributed by atoms with van der Waals surface area (Å²) < 4.78 is 7.23. The zero-order valence-electron chi connectivity index (χ0n) is 10.7. The number of anilines is 1. The maximum Gasteiger partial charge on any atom is 0.153 e. The Labute approximate surface area is 110 Å². The largest absolute Gasteiger partial charge is 0.467 e. The molecule has 0 aliphatic rings. The van der Waals surface area contributed by atoms with Gasteiger partial charge in [0, 0.05) is 13.2 Å². The lowest BCUT2D eigenvalue weighted by Gasteiger charge is -2.16. The van der Waals surface area contributed by atoms with Gasteiger partial charge in [-0.2, -0.15) is 0 Å². The van der Waals surface area contributed by atoms with Crippen LogP contribution in [0.3, 0.4) is 0 Å². The van der Waals surface area contributed by atoms with Crippen molar-refractivity contribution in [1.82, 2.24) is 9.38 Å². The molecule has 3 aromatic heterocycles. The molecule has 19 heavy (non-hydrogen) atoms. The minimum absolute atomic E-state index is 0.0526. The van der Waals surface area contributed by atoms with Crippen LogP contribution in [0, 0.1) is 0 Å². The molecule has 0 aliphatic carbocycles. The summed E-state index contributed by atoms with van der Waals surface area (Å²) in [5, 5.41) is 9.57. The van der Waals surface area contributed by atoms with Crippen molar-refractivity contribution < 1.29 is 9.52 Å². The van der Waals surface area contributed by atoms with Gasteiger partial charge >= 0.3 is 0 Å². The average Bonchev–Trinajstić information content (AvgIpc) is 3.04. The van der Waals surface area contributed by atoms with Crippen molar-refractivity contribution in [2.45, 2.75) is 13.2 Å². The monoisotopic (exact) mass is 257 g/mol. The maximum absolute atomic E-state index is 9.57. The number of imidazole rings is 1. The first-order chi connectivity index (χ1) is 9.29. The van der Waals surface area contributed by atoms with Crippen molar-refractivity contribution in [2.24, 2.45) is 0 Å². The average molecular weight is 257 g/mol. The van der Waals surface area contributed by atoms with E-state index in [1.54, 1.807) is 6.26 Å². The van der Waals surface area contributed by atoms with Gasteiger partial charge in [-0.1, -0.05) is 6.07 Å². The highest BCUT2D eigenvalue weighted by Gasteiger charge is 2.15. The number of hydrogen-bond acceptors (Lipinski definition) is 4. The summed E-state index contributed by atoms with van der Waals surface area (Å²) >= 11 is 0. The second-order valence-corrected chi connectivity index (χ2v) is 4.40. The molecular weight excluding hydrogens is 242 g/mol. The van der Waals surface area contributed by atoms with Crippen molar-refractivity contribution >= 4 is 11.5 Å². The van der Waals surface area contributed by atoms with Gasteiger partial charge in [0.1, 0.15) is 11.4 Å². The second kappa shape index (κ2) is 4.78. The molecular formula is C14H15N3O2. The number of aliphatic hydroxyl groups is 1. The third-order valence-electron chi connectivity index (χ3n) is 3.09. The molecule has 0 atom stereocenters. The van der Waals surface area contributed by atoms with Crippen molar-refractivity contribution in [2.75, 3.05) is 11.9 Å². The standard InChI is InChI=1S/C14H15N3O2/c1-16(9-11-5-4-8-19-11)14-12(10-18)17-7-3-2-6-13(17)15-14/h2-8,18H,9-10H2,1H3. The second-order valence-electron chi connectivity index (χ2n) is 4.40. The van der Waals surface area contributed by atoms with Crippen molar-refractivity contribution in [1.29, 1.82) is 0 Å². The Morgan fingerprint density at radius 2 is 2.21 bits per heavy atom. The molecule has 0 radical (unpaired) electrons. The van der Waals surface area contributed by atoms with E-state index in [1.807, 2.05) is 52.9 Å². The number of hydrogen-bond donors (Lipinski definition) is 1. The summed E-state index contributed by atoms with van der Waals surface area (Å²) in [5.74, 6) is 1.63. The van der Waals surface area contributed by atoms with Crippen LogP contribution in [-0.2, 0) is 13.2 Å². The normalized spacial score (nSPS) is 11.1. The Morgan fingerprint density at radius 1 is 1.32 bits per heavy atom. The molecule has 5 nitrogen and oxygen atoms in total. The number of aromatic nitrogens is 2. The van der Waals surface area contributed by atoms with E-state index >= 15 is 0 Å². The van der Waals surface area contributed by atoms with Crippen LogP contribution in [0.4, 0.5) is 5.82 Å². The first kappa shape index (κ1) is 11.8. The number of aliphatic hydroxyl groups excluding tert-OH is 1. The Morgan fingerprint density at radius 3 is 2.95 bits per heavy atom. The van der Waals surface area contributed by atoms with E-state index in [0.717, 1.165) is 22.9 Å². The van der Waals surface area contributed by atoms with Crippen molar-refractivity contribution in [3.05, 3.63) is 54.2 Å². The van der Waals surface area contributed by atoms with Crippen LogP contribution in [-0.4, -0.2) is 21.5 Å². The quantitative estimate of drug-likeness (QED) is 0.777. The van der Waals surface area contributed by atoms with Crippen LogP contribution in [0.25, 0.3) is 5.65 Å². The molecule has 0 fully saturated rings. The Hall–Kier alpha value is -2.27. The van der Waals surface area contributed by atoms with Crippen LogP contribution >= 0.6 is 0 Å². The molecule has 0 spiro atoms. The summed E-state index contributed by atoms with van der Waals surface area (Å²) in [4.78, 5) is 6.52. The molecule has 3 aromatic rings. The van der Waals surface area contributed by atoms with Crippen LogP contribution < -0.4 is 4.90 Å². The van der Waals surface area contributed by atoms with E-state index in [2.05, 4.69) is 4.98 Å². The minimum atomic E-state index is -0.0526. The van der Waals surface area contributed by atoms with Crippen LogP contribution in [0.2, 0.25) is 0 Å². The molecule has 0 unspecified atom stereocenters. The van der Waals surface area contributed by atoms with Gasteiger partial charge < -0.3 is 14.4 Å². The third-order valence-corrected chi connectivity index (χ3v) is 3.09. The van der Waals surface area contributed by atoms with E-state index in [4.69, 9.17) is 4.42 Å². The molecule has 3 heterocycles. The zero-order valence-corrected chi connectivity index (χ0v) is 10.7. The maximum atomic E-state index is 9.57. The van der Waals surface area contributed by atoms with Crippen LogP contribution in [0.15, 0.2) is 47.2 Å². The predicted molar refractivity (Wildman–Crippen MR) is 71.9 cm³/mol. The van der Waals surface area contributed by atoms with E-state index in [0.29, 0.717) is 6.54 Å². The summed E-state index contributed by atoms with van der Waals surface area (Å²) in [6.45, 7) is 0.562. The fraction of sp³-hybridized carbons (Fsp3) is 0.214. The molecule has 0 saturated heterocycles. The van der Waals surface area contributed by atoms with E-state index in [1.165, 1.54) is 0 Å². The molecule has 0 amide bonds. The number of furan rings is 1. The first-order valence-corrected chi connectivity index (χ1v) is 6.10. The van der Waals surface area contributed by atoms with E-state index in [9.17, 15) is 5.11 Å². The highest BCUT2D eigenvalue weighted by Crippen LogP contribution is 2.22. The molecule has 0 aromatic carbocycles.